The van der Waals surface area contributed by atoms with Crippen LogP contribution in [0.2, 0.25) is 0 Å². The molecule has 1 atom stereocenters. The summed E-state index contributed by atoms with van der Waals surface area (Å²) in [7, 11) is 4.09. The Morgan fingerprint density at radius 3 is 2.86 bits per heavy atom. The van der Waals surface area contributed by atoms with Crippen molar-refractivity contribution in [1.82, 2.24) is 14.7 Å². The highest BCUT2D eigenvalue weighted by Gasteiger charge is 2.06. The van der Waals surface area contributed by atoms with E-state index in [-0.39, 0.29) is 0 Å². The van der Waals surface area contributed by atoms with Gasteiger partial charge >= 0.3 is 0 Å². The second-order valence-corrected chi connectivity index (χ2v) is 4.63. The van der Waals surface area contributed by atoms with Gasteiger partial charge in [-0.15, -0.1) is 0 Å². The molecule has 14 heavy (non-hydrogen) atoms. The molecule has 1 aromatic heterocycles. The van der Waals surface area contributed by atoms with E-state index in [2.05, 4.69) is 46.1 Å². The van der Waals surface area contributed by atoms with Crippen LogP contribution in [0.4, 0.5) is 0 Å². The lowest BCUT2D eigenvalue weighted by Gasteiger charge is -2.18. The summed E-state index contributed by atoms with van der Waals surface area (Å²) in [6.45, 7) is 4.33. The number of nitrogens with zero attached hydrogens (tertiary/aromatic N) is 3. The first-order valence-corrected chi connectivity index (χ1v) is 5.96. The first kappa shape index (κ1) is 11.7. The first-order chi connectivity index (χ1) is 6.61. The van der Waals surface area contributed by atoms with Gasteiger partial charge in [0.15, 0.2) is 0 Å². The highest BCUT2D eigenvalue weighted by Crippen LogP contribution is 2.06. The van der Waals surface area contributed by atoms with Crippen molar-refractivity contribution < 1.29 is 0 Å². The van der Waals surface area contributed by atoms with Crippen LogP contribution in [0, 0.1) is 5.92 Å². The lowest BCUT2D eigenvalue weighted by atomic mass is 10.2. The molecule has 0 saturated heterocycles. The maximum Gasteiger partial charge on any atom is 0.0534 e. The molecule has 0 aliphatic carbocycles. The van der Waals surface area contributed by atoms with Crippen LogP contribution in [0.3, 0.4) is 0 Å². The van der Waals surface area contributed by atoms with Gasteiger partial charge in [0.05, 0.1) is 6.20 Å². The average Bonchev–Trinajstić information content (AvgIpc) is 2.50. The normalized spacial score (nSPS) is 13.5. The Morgan fingerprint density at radius 2 is 2.36 bits per heavy atom. The minimum Gasteiger partial charge on any atom is -0.302 e. The van der Waals surface area contributed by atoms with E-state index in [4.69, 9.17) is 0 Å². The number of alkyl halides is 1. The first-order valence-electron chi connectivity index (χ1n) is 4.84. The van der Waals surface area contributed by atoms with Crippen molar-refractivity contribution in [3.63, 3.8) is 0 Å². The predicted molar refractivity (Wildman–Crippen MR) is 62.5 cm³/mol. The smallest absolute Gasteiger partial charge is 0.0534 e. The van der Waals surface area contributed by atoms with Gasteiger partial charge < -0.3 is 4.90 Å². The highest BCUT2D eigenvalue weighted by atomic mass is 79.9. The van der Waals surface area contributed by atoms with Crippen LogP contribution >= 0.6 is 15.9 Å². The predicted octanol–water partition coefficient (Wildman–Crippen LogP) is 1.88. The third-order valence-corrected chi connectivity index (χ3v) is 3.20. The summed E-state index contributed by atoms with van der Waals surface area (Å²) >= 11 is 3.49. The van der Waals surface area contributed by atoms with Gasteiger partial charge in [-0.3, -0.25) is 4.68 Å². The average molecular weight is 260 g/mol. The molecule has 0 radical (unpaired) electrons. The molecule has 0 spiro atoms. The van der Waals surface area contributed by atoms with Gasteiger partial charge in [-0.05, 0) is 13.0 Å². The van der Waals surface area contributed by atoms with E-state index >= 15 is 0 Å². The second kappa shape index (κ2) is 5.51. The Labute approximate surface area is 94.2 Å². The van der Waals surface area contributed by atoms with E-state index in [1.54, 1.807) is 0 Å². The van der Waals surface area contributed by atoms with Crippen molar-refractivity contribution in [2.24, 2.45) is 13.0 Å². The largest absolute Gasteiger partial charge is 0.302 e. The molecule has 0 aliphatic rings. The van der Waals surface area contributed by atoms with E-state index in [1.165, 1.54) is 5.56 Å². The van der Waals surface area contributed by atoms with Crippen molar-refractivity contribution in [3.05, 3.63) is 18.0 Å². The van der Waals surface area contributed by atoms with Crippen molar-refractivity contribution >= 4 is 15.9 Å². The van der Waals surface area contributed by atoms with E-state index in [9.17, 15) is 0 Å². The van der Waals surface area contributed by atoms with Gasteiger partial charge in [-0.2, -0.15) is 5.10 Å². The summed E-state index contributed by atoms with van der Waals surface area (Å²) in [5, 5.41) is 5.21. The minimum absolute atomic E-state index is 0.691. The molecule has 4 heteroatoms. The van der Waals surface area contributed by atoms with E-state index in [1.807, 2.05) is 17.9 Å². The molecule has 0 amide bonds. The fourth-order valence-electron chi connectivity index (χ4n) is 1.51. The number of aromatic nitrogens is 2. The zero-order valence-electron chi connectivity index (χ0n) is 9.07. The molecule has 80 valence electrons. The van der Waals surface area contributed by atoms with Crippen LogP contribution in [0.25, 0.3) is 0 Å². The van der Waals surface area contributed by atoms with Crippen molar-refractivity contribution in [3.8, 4) is 0 Å². The van der Waals surface area contributed by atoms with Crippen LogP contribution in [-0.4, -0.2) is 33.6 Å². The Bertz CT molecular complexity index is 272. The molecule has 0 N–H and O–H groups in total. The number of aryl methyl sites for hydroxylation is 1. The van der Waals surface area contributed by atoms with Gasteiger partial charge in [0, 0.05) is 37.2 Å². The van der Waals surface area contributed by atoms with Crippen LogP contribution in [0.5, 0.6) is 0 Å². The zero-order chi connectivity index (χ0) is 10.6. The summed E-state index contributed by atoms with van der Waals surface area (Å²) in [6, 6.07) is 0. The van der Waals surface area contributed by atoms with Crippen molar-refractivity contribution in [1.29, 1.82) is 0 Å². The lowest BCUT2D eigenvalue weighted by molar-refractivity contribution is 0.291. The highest BCUT2D eigenvalue weighted by molar-refractivity contribution is 9.09. The Kier molecular flexibility index (Phi) is 4.62. The third-order valence-electron chi connectivity index (χ3n) is 2.10. The van der Waals surface area contributed by atoms with Gasteiger partial charge in [0.1, 0.15) is 0 Å². The van der Waals surface area contributed by atoms with Gasteiger partial charge in [-0.25, -0.2) is 0 Å². The van der Waals surface area contributed by atoms with Gasteiger partial charge in [0.2, 0.25) is 0 Å². The third kappa shape index (κ3) is 3.80. The number of halogens is 1. The maximum atomic E-state index is 4.15. The molecule has 1 unspecified atom stereocenters. The van der Waals surface area contributed by atoms with E-state index < -0.39 is 0 Å². The Balaban J connectivity index is 2.37. The quantitative estimate of drug-likeness (QED) is 0.754. The minimum atomic E-state index is 0.691. The van der Waals surface area contributed by atoms with E-state index in [0.717, 1.165) is 18.4 Å². The molecular weight excluding hydrogens is 242 g/mol. The molecule has 0 fully saturated rings. The number of hydrogen-bond acceptors (Lipinski definition) is 2. The Hall–Kier alpha value is -0.350. The van der Waals surface area contributed by atoms with Crippen molar-refractivity contribution in [2.45, 2.75) is 13.5 Å². The van der Waals surface area contributed by atoms with Crippen LogP contribution in [0.15, 0.2) is 12.4 Å². The molecule has 1 heterocycles. The summed E-state index contributed by atoms with van der Waals surface area (Å²) < 4.78 is 1.84. The fourth-order valence-corrected chi connectivity index (χ4v) is 1.72. The standard InChI is InChI=1S/C10H18BrN3/c1-9(4-11)6-13(2)7-10-5-12-14(3)8-10/h5,8-9H,4,6-7H2,1-3H3. The fraction of sp³-hybridized carbons (Fsp3) is 0.700. The summed E-state index contributed by atoms with van der Waals surface area (Å²) in [4.78, 5) is 2.32. The molecule has 0 saturated carbocycles. The van der Waals surface area contributed by atoms with Crippen LogP contribution in [0.1, 0.15) is 12.5 Å². The molecule has 1 rings (SSSR count). The second-order valence-electron chi connectivity index (χ2n) is 3.98. The summed E-state index contributed by atoms with van der Waals surface area (Å²) in [5.74, 6) is 0.691. The zero-order valence-corrected chi connectivity index (χ0v) is 10.7. The molecule has 3 nitrogen and oxygen atoms in total. The van der Waals surface area contributed by atoms with Crippen molar-refractivity contribution in [2.75, 3.05) is 18.9 Å². The molecule has 1 aromatic rings. The topological polar surface area (TPSA) is 21.1 Å². The molecule has 0 aromatic carbocycles. The summed E-state index contributed by atoms with van der Waals surface area (Å²) in [6.07, 6.45) is 3.99. The SMILES string of the molecule is CC(CBr)CN(C)Cc1cnn(C)c1. The van der Waals surface area contributed by atoms with Gasteiger partial charge in [-0.1, -0.05) is 22.9 Å². The molecule has 0 aliphatic heterocycles. The summed E-state index contributed by atoms with van der Waals surface area (Å²) in [5.41, 5.74) is 1.27. The molecular formula is C10H18BrN3. The monoisotopic (exact) mass is 259 g/mol. The maximum absolute atomic E-state index is 4.15. The van der Waals surface area contributed by atoms with Gasteiger partial charge in [0.25, 0.3) is 0 Å². The Morgan fingerprint density at radius 1 is 1.64 bits per heavy atom. The lowest BCUT2D eigenvalue weighted by Crippen LogP contribution is -2.24. The van der Waals surface area contributed by atoms with Crippen LogP contribution < -0.4 is 0 Å². The number of hydrogen-bond donors (Lipinski definition) is 0. The molecule has 0 bridgehead atoms. The number of rotatable bonds is 5. The van der Waals surface area contributed by atoms with E-state index in [0.29, 0.717) is 5.92 Å². The van der Waals surface area contributed by atoms with Crippen LogP contribution in [-0.2, 0) is 13.6 Å².